The first kappa shape index (κ1) is 20.0. The number of rotatable bonds is 8. The third-order valence-corrected chi connectivity index (χ3v) is 3.89. The molecule has 0 unspecified atom stereocenters. The van der Waals surface area contributed by atoms with Crippen LogP contribution in [-0.4, -0.2) is 46.5 Å². The lowest BCUT2D eigenvalue weighted by molar-refractivity contribution is 0.316. The molecule has 0 aliphatic rings. The maximum atomic E-state index is 9.02. The van der Waals surface area contributed by atoms with E-state index in [9.17, 15) is 0 Å². The van der Waals surface area contributed by atoms with Crippen molar-refractivity contribution >= 4 is 5.71 Å². The molecule has 2 aromatic rings. The number of ether oxygens (including phenoxy) is 6. The highest BCUT2D eigenvalue weighted by Gasteiger charge is 2.19. The molecule has 0 fully saturated rings. The van der Waals surface area contributed by atoms with Gasteiger partial charge in [0.15, 0.2) is 23.0 Å². The van der Waals surface area contributed by atoms with Crippen LogP contribution < -0.4 is 28.4 Å². The van der Waals surface area contributed by atoms with Crippen molar-refractivity contribution in [1.29, 1.82) is 0 Å². The molecule has 0 spiro atoms. The summed E-state index contributed by atoms with van der Waals surface area (Å²) in [4.78, 5) is 0. The highest BCUT2D eigenvalue weighted by Crippen LogP contribution is 2.46. The minimum atomic E-state index is 0.351. The van der Waals surface area contributed by atoms with Gasteiger partial charge in [0, 0.05) is 17.7 Å². The SMILES string of the molecule is COc1cc(Oc2c(OC)cc(/C(C)=N/O)cc2OC)cc(OC)c1OC. The lowest BCUT2D eigenvalue weighted by Crippen LogP contribution is -2.01. The lowest BCUT2D eigenvalue weighted by Gasteiger charge is -2.18. The molecular formula is C19H23NO7. The van der Waals surface area contributed by atoms with Crippen molar-refractivity contribution in [3.8, 4) is 40.2 Å². The van der Waals surface area contributed by atoms with Crippen molar-refractivity contribution < 1.29 is 33.6 Å². The highest BCUT2D eigenvalue weighted by molar-refractivity contribution is 5.99. The Labute approximate surface area is 157 Å². The molecule has 27 heavy (non-hydrogen) atoms. The van der Waals surface area contributed by atoms with E-state index >= 15 is 0 Å². The second-order valence-corrected chi connectivity index (χ2v) is 5.36. The van der Waals surface area contributed by atoms with E-state index in [4.69, 9.17) is 33.6 Å². The largest absolute Gasteiger partial charge is 0.493 e. The van der Waals surface area contributed by atoms with Gasteiger partial charge in [-0.3, -0.25) is 0 Å². The summed E-state index contributed by atoms with van der Waals surface area (Å²) in [6, 6.07) is 6.69. The molecule has 146 valence electrons. The first-order valence-corrected chi connectivity index (χ1v) is 7.95. The first-order chi connectivity index (χ1) is 13.0. The fraction of sp³-hybridized carbons (Fsp3) is 0.316. The van der Waals surface area contributed by atoms with Gasteiger partial charge in [-0.15, -0.1) is 0 Å². The van der Waals surface area contributed by atoms with Gasteiger partial charge in [-0.25, -0.2) is 0 Å². The Morgan fingerprint density at radius 3 is 1.52 bits per heavy atom. The molecule has 8 heteroatoms. The minimum absolute atomic E-state index is 0.351. The van der Waals surface area contributed by atoms with E-state index in [0.29, 0.717) is 51.5 Å². The van der Waals surface area contributed by atoms with E-state index in [-0.39, 0.29) is 0 Å². The molecule has 0 aliphatic carbocycles. The van der Waals surface area contributed by atoms with Crippen LogP contribution in [0.15, 0.2) is 29.4 Å². The Bertz CT molecular complexity index is 783. The van der Waals surface area contributed by atoms with Crippen LogP contribution in [0, 0.1) is 0 Å². The van der Waals surface area contributed by atoms with Crippen LogP contribution >= 0.6 is 0 Å². The van der Waals surface area contributed by atoms with Crippen LogP contribution in [0.1, 0.15) is 12.5 Å². The number of methoxy groups -OCH3 is 5. The van der Waals surface area contributed by atoms with Crippen molar-refractivity contribution in [3.63, 3.8) is 0 Å². The van der Waals surface area contributed by atoms with Gasteiger partial charge in [0.1, 0.15) is 5.75 Å². The predicted molar refractivity (Wildman–Crippen MR) is 99.7 cm³/mol. The average molecular weight is 377 g/mol. The standard InChI is InChI=1S/C19H23NO7/c1-11(20-21)12-7-14(22-2)19(15(8-12)23-3)27-13-9-16(24-4)18(26-6)17(10-13)25-5/h7-10,21H,1-6H3/b20-11+. The zero-order chi connectivity index (χ0) is 20.0. The summed E-state index contributed by atoms with van der Waals surface area (Å²) in [5.41, 5.74) is 1.04. The first-order valence-electron chi connectivity index (χ1n) is 7.95. The summed E-state index contributed by atoms with van der Waals surface area (Å²) in [6.45, 7) is 1.66. The number of benzene rings is 2. The summed E-state index contributed by atoms with van der Waals surface area (Å²) in [7, 11) is 7.58. The van der Waals surface area contributed by atoms with Crippen LogP contribution in [0.25, 0.3) is 0 Å². The third kappa shape index (κ3) is 4.11. The Hall–Kier alpha value is -3.29. The monoisotopic (exact) mass is 377 g/mol. The fourth-order valence-electron chi connectivity index (χ4n) is 2.48. The molecule has 1 N–H and O–H groups in total. The number of nitrogens with zero attached hydrogens (tertiary/aromatic N) is 1. The van der Waals surface area contributed by atoms with Crippen LogP contribution in [0.3, 0.4) is 0 Å². The van der Waals surface area contributed by atoms with Gasteiger partial charge >= 0.3 is 0 Å². The van der Waals surface area contributed by atoms with Crippen molar-refractivity contribution in [3.05, 3.63) is 29.8 Å². The van der Waals surface area contributed by atoms with Crippen molar-refractivity contribution in [2.24, 2.45) is 5.16 Å². The normalized spacial score (nSPS) is 11.0. The zero-order valence-electron chi connectivity index (χ0n) is 16.2. The third-order valence-electron chi connectivity index (χ3n) is 3.89. The van der Waals surface area contributed by atoms with Crippen molar-refractivity contribution in [2.45, 2.75) is 6.92 Å². The highest BCUT2D eigenvalue weighted by atomic mass is 16.5. The minimum Gasteiger partial charge on any atom is -0.493 e. The molecule has 2 rings (SSSR count). The van der Waals surface area contributed by atoms with E-state index in [2.05, 4.69) is 5.16 Å². The molecule has 0 saturated carbocycles. The molecule has 0 bridgehead atoms. The Morgan fingerprint density at radius 2 is 1.15 bits per heavy atom. The predicted octanol–water partition coefficient (Wildman–Crippen LogP) is 3.72. The van der Waals surface area contributed by atoms with Crippen LogP contribution in [-0.2, 0) is 0 Å². The van der Waals surface area contributed by atoms with Gasteiger partial charge in [0.25, 0.3) is 0 Å². The van der Waals surface area contributed by atoms with Gasteiger partial charge in [0.2, 0.25) is 11.5 Å². The number of hydrogen-bond donors (Lipinski definition) is 1. The van der Waals surface area contributed by atoms with Gasteiger partial charge in [-0.2, -0.15) is 0 Å². The lowest BCUT2D eigenvalue weighted by atomic mass is 10.1. The zero-order valence-corrected chi connectivity index (χ0v) is 16.2. The number of hydrogen-bond acceptors (Lipinski definition) is 8. The molecule has 2 aromatic carbocycles. The molecule has 0 heterocycles. The summed E-state index contributed by atoms with van der Waals surface area (Å²) < 4.78 is 32.9. The van der Waals surface area contributed by atoms with E-state index in [0.717, 1.165) is 0 Å². The van der Waals surface area contributed by atoms with Crippen LogP contribution in [0.4, 0.5) is 0 Å². The van der Waals surface area contributed by atoms with Gasteiger partial charge in [0.05, 0.1) is 41.3 Å². The maximum absolute atomic E-state index is 9.02. The molecule has 0 radical (unpaired) electrons. The molecule has 0 aliphatic heterocycles. The molecule has 0 saturated heterocycles. The summed E-state index contributed by atoms with van der Waals surface area (Å²) in [6.07, 6.45) is 0. The second-order valence-electron chi connectivity index (χ2n) is 5.36. The van der Waals surface area contributed by atoms with Gasteiger partial charge in [-0.1, -0.05) is 5.16 Å². The van der Waals surface area contributed by atoms with Crippen molar-refractivity contribution in [2.75, 3.05) is 35.5 Å². The van der Waals surface area contributed by atoms with E-state index in [1.165, 1.54) is 35.5 Å². The topological polar surface area (TPSA) is 88.0 Å². The Kier molecular flexibility index (Phi) is 6.59. The van der Waals surface area contributed by atoms with Crippen LogP contribution in [0.2, 0.25) is 0 Å². The summed E-state index contributed by atoms with van der Waals surface area (Å²) in [5, 5.41) is 12.2. The molecule has 0 atom stereocenters. The van der Waals surface area contributed by atoms with Crippen molar-refractivity contribution in [1.82, 2.24) is 0 Å². The smallest absolute Gasteiger partial charge is 0.211 e. The van der Waals surface area contributed by atoms with E-state index in [1.54, 1.807) is 31.2 Å². The van der Waals surface area contributed by atoms with Gasteiger partial charge in [-0.05, 0) is 19.1 Å². The fourth-order valence-corrected chi connectivity index (χ4v) is 2.48. The molecule has 0 amide bonds. The number of oxime groups is 1. The van der Waals surface area contributed by atoms with E-state index < -0.39 is 0 Å². The second kappa shape index (κ2) is 8.88. The summed E-state index contributed by atoms with van der Waals surface area (Å²) in [5.74, 6) is 2.94. The quantitative estimate of drug-likeness (QED) is 0.426. The summed E-state index contributed by atoms with van der Waals surface area (Å²) >= 11 is 0. The molecular weight excluding hydrogens is 354 g/mol. The Morgan fingerprint density at radius 1 is 0.704 bits per heavy atom. The van der Waals surface area contributed by atoms with Gasteiger partial charge < -0.3 is 33.6 Å². The Balaban J connectivity index is 2.56. The molecule has 8 nitrogen and oxygen atoms in total. The maximum Gasteiger partial charge on any atom is 0.211 e. The molecule has 0 aromatic heterocycles. The van der Waals surface area contributed by atoms with E-state index in [1.807, 2.05) is 0 Å². The van der Waals surface area contributed by atoms with Crippen LogP contribution in [0.5, 0.6) is 40.2 Å². The average Bonchev–Trinajstić information content (AvgIpc) is 2.72.